The van der Waals surface area contributed by atoms with E-state index in [1.807, 2.05) is 53.4 Å². The highest BCUT2D eigenvalue weighted by Crippen LogP contribution is 2.38. The average Bonchev–Trinajstić information content (AvgIpc) is 2.48. The fourth-order valence-electron chi connectivity index (χ4n) is 3.40. The minimum absolute atomic E-state index is 0.0184. The first-order valence-corrected chi connectivity index (χ1v) is 8.26. The third-order valence-electron chi connectivity index (χ3n) is 4.15. The molecule has 0 saturated heterocycles. The van der Waals surface area contributed by atoms with Crippen molar-refractivity contribution in [2.75, 3.05) is 10.2 Å². The van der Waals surface area contributed by atoms with Crippen molar-refractivity contribution in [3.05, 3.63) is 59.1 Å². The van der Waals surface area contributed by atoms with E-state index in [2.05, 4.69) is 26.1 Å². The predicted octanol–water partition coefficient (Wildman–Crippen LogP) is 5.17. The number of hydrogen-bond donors (Lipinski definition) is 1. The van der Waals surface area contributed by atoms with E-state index in [1.165, 1.54) is 0 Å². The number of carbonyl (C=O) groups is 1. The normalized spacial score (nSPS) is 20.4. The Morgan fingerprint density at radius 2 is 1.78 bits per heavy atom. The number of carbonyl (C=O) groups excluding carboxylic acids is 1. The lowest BCUT2D eigenvalue weighted by Gasteiger charge is -2.47. The van der Waals surface area contributed by atoms with Crippen molar-refractivity contribution in [2.45, 2.75) is 32.9 Å². The quantitative estimate of drug-likeness (QED) is 0.842. The van der Waals surface area contributed by atoms with Crippen LogP contribution in [0.25, 0.3) is 0 Å². The second-order valence-electron chi connectivity index (χ2n) is 6.66. The first kappa shape index (κ1) is 15.9. The van der Waals surface area contributed by atoms with Crippen molar-refractivity contribution in [3.8, 4) is 0 Å². The van der Waals surface area contributed by atoms with E-state index >= 15 is 0 Å². The SMILES string of the molecule is CC(C)CC1(C)Nc2ccccc2C(=O)N1c1ccc(Cl)cc1. The standard InChI is InChI=1S/C19H21ClN2O/c1-13(2)12-19(3)21-17-7-5-4-6-16(17)18(23)22(19)15-10-8-14(20)9-11-15/h4-11,13,21H,12H2,1-3H3. The molecule has 2 aromatic carbocycles. The maximum Gasteiger partial charge on any atom is 0.262 e. The number of halogens is 1. The van der Waals surface area contributed by atoms with Gasteiger partial charge < -0.3 is 5.32 Å². The molecular formula is C19H21ClN2O. The second kappa shape index (κ2) is 5.89. The van der Waals surface area contributed by atoms with Crippen molar-refractivity contribution in [1.82, 2.24) is 0 Å². The fraction of sp³-hybridized carbons (Fsp3) is 0.316. The monoisotopic (exact) mass is 328 g/mol. The van der Waals surface area contributed by atoms with Gasteiger partial charge in [0, 0.05) is 16.4 Å². The van der Waals surface area contributed by atoms with E-state index < -0.39 is 5.66 Å². The molecule has 1 N–H and O–H groups in total. The molecule has 1 aliphatic rings. The van der Waals surface area contributed by atoms with Gasteiger partial charge in [0.1, 0.15) is 5.66 Å². The largest absolute Gasteiger partial charge is 0.362 e. The van der Waals surface area contributed by atoms with Gasteiger partial charge in [0.15, 0.2) is 0 Å². The van der Waals surface area contributed by atoms with Crippen LogP contribution < -0.4 is 10.2 Å². The molecule has 1 aliphatic heterocycles. The van der Waals surface area contributed by atoms with Crippen molar-refractivity contribution in [3.63, 3.8) is 0 Å². The summed E-state index contributed by atoms with van der Waals surface area (Å²) in [5.74, 6) is 0.463. The van der Waals surface area contributed by atoms with Gasteiger partial charge in [0.25, 0.3) is 5.91 Å². The van der Waals surface area contributed by atoms with Gasteiger partial charge in [-0.15, -0.1) is 0 Å². The van der Waals surface area contributed by atoms with Crippen LogP contribution >= 0.6 is 11.6 Å². The summed E-state index contributed by atoms with van der Waals surface area (Å²) < 4.78 is 0. The Morgan fingerprint density at radius 3 is 2.43 bits per heavy atom. The lowest BCUT2D eigenvalue weighted by Crippen LogP contribution is -2.59. The predicted molar refractivity (Wildman–Crippen MR) is 96.2 cm³/mol. The maximum atomic E-state index is 13.2. The van der Waals surface area contributed by atoms with Gasteiger partial charge in [-0.25, -0.2) is 0 Å². The summed E-state index contributed by atoms with van der Waals surface area (Å²) in [5.41, 5.74) is 1.96. The molecule has 23 heavy (non-hydrogen) atoms. The number of para-hydroxylation sites is 1. The van der Waals surface area contributed by atoms with Crippen LogP contribution in [0, 0.1) is 5.92 Å². The van der Waals surface area contributed by atoms with Gasteiger partial charge in [-0.2, -0.15) is 0 Å². The van der Waals surface area contributed by atoms with Crippen LogP contribution in [0.5, 0.6) is 0 Å². The van der Waals surface area contributed by atoms with Gasteiger partial charge in [-0.3, -0.25) is 9.69 Å². The summed E-state index contributed by atoms with van der Waals surface area (Å²) in [7, 11) is 0. The fourth-order valence-corrected chi connectivity index (χ4v) is 3.52. The van der Waals surface area contributed by atoms with Crippen molar-refractivity contribution >= 4 is 28.9 Å². The average molecular weight is 329 g/mol. The van der Waals surface area contributed by atoms with E-state index in [1.54, 1.807) is 0 Å². The molecule has 3 rings (SSSR count). The van der Waals surface area contributed by atoms with Crippen molar-refractivity contribution in [1.29, 1.82) is 0 Å². The van der Waals surface area contributed by atoms with Crippen LogP contribution in [0.1, 0.15) is 37.6 Å². The molecule has 1 amide bonds. The minimum Gasteiger partial charge on any atom is -0.362 e. The highest BCUT2D eigenvalue weighted by atomic mass is 35.5. The van der Waals surface area contributed by atoms with Crippen LogP contribution in [0.2, 0.25) is 5.02 Å². The Balaban J connectivity index is 2.12. The molecule has 1 unspecified atom stereocenters. The maximum absolute atomic E-state index is 13.2. The van der Waals surface area contributed by atoms with E-state index in [0.29, 0.717) is 16.5 Å². The molecule has 4 heteroatoms. The molecule has 0 fully saturated rings. The molecule has 2 aromatic rings. The number of fused-ring (bicyclic) bond motifs is 1. The summed E-state index contributed by atoms with van der Waals surface area (Å²) in [6.07, 6.45) is 0.843. The summed E-state index contributed by atoms with van der Waals surface area (Å²) in [6.45, 7) is 6.41. The third-order valence-corrected chi connectivity index (χ3v) is 4.40. The van der Waals surface area contributed by atoms with Crippen LogP contribution in [0.3, 0.4) is 0 Å². The van der Waals surface area contributed by atoms with Gasteiger partial charge in [0.05, 0.1) is 5.56 Å². The van der Waals surface area contributed by atoms with Gasteiger partial charge >= 0.3 is 0 Å². The second-order valence-corrected chi connectivity index (χ2v) is 7.10. The highest BCUT2D eigenvalue weighted by molar-refractivity contribution is 6.30. The smallest absolute Gasteiger partial charge is 0.262 e. The first-order valence-electron chi connectivity index (χ1n) is 7.88. The van der Waals surface area contributed by atoms with Crippen LogP contribution in [0.15, 0.2) is 48.5 Å². The summed E-state index contributed by atoms with van der Waals surface area (Å²) in [4.78, 5) is 15.0. The summed E-state index contributed by atoms with van der Waals surface area (Å²) >= 11 is 6.00. The summed E-state index contributed by atoms with van der Waals surface area (Å²) in [5, 5.41) is 4.23. The number of nitrogens with zero attached hydrogens (tertiary/aromatic N) is 1. The van der Waals surface area contributed by atoms with Crippen LogP contribution in [0.4, 0.5) is 11.4 Å². The van der Waals surface area contributed by atoms with E-state index in [4.69, 9.17) is 11.6 Å². The number of benzene rings is 2. The molecule has 120 valence electrons. The number of nitrogens with one attached hydrogen (secondary N) is 1. The topological polar surface area (TPSA) is 32.3 Å². The molecule has 3 nitrogen and oxygen atoms in total. The molecule has 0 radical (unpaired) electrons. The number of anilines is 2. The van der Waals surface area contributed by atoms with Gasteiger partial charge in [-0.1, -0.05) is 37.6 Å². The zero-order chi connectivity index (χ0) is 16.6. The molecule has 0 saturated carbocycles. The highest BCUT2D eigenvalue weighted by Gasteiger charge is 2.42. The Hall–Kier alpha value is -2.00. The first-order chi connectivity index (χ1) is 10.9. The number of rotatable bonds is 3. The Labute approximate surface area is 142 Å². The van der Waals surface area contributed by atoms with E-state index in [0.717, 1.165) is 17.8 Å². The van der Waals surface area contributed by atoms with Crippen LogP contribution in [-0.4, -0.2) is 11.6 Å². The van der Waals surface area contributed by atoms with Crippen LogP contribution in [-0.2, 0) is 0 Å². The van der Waals surface area contributed by atoms with Crippen molar-refractivity contribution in [2.24, 2.45) is 5.92 Å². The molecule has 1 atom stereocenters. The summed E-state index contributed by atoms with van der Waals surface area (Å²) in [6, 6.07) is 15.1. The number of amides is 1. The van der Waals surface area contributed by atoms with E-state index in [-0.39, 0.29) is 5.91 Å². The Bertz CT molecular complexity index is 726. The van der Waals surface area contributed by atoms with Gasteiger partial charge in [0.2, 0.25) is 0 Å². The number of hydrogen-bond acceptors (Lipinski definition) is 2. The van der Waals surface area contributed by atoms with E-state index in [9.17, 15) is 4.79 Å². The molecule has 0 bridgehead atoms. The zero-order valence-corrected chi connectivity index (χ0v) is 14.4. The Kier molecular flexibility index (Phi) is 4.07. The molecule has 0 aliphatic carbocycles. The lowest BCUT2D eigenvalue weighted by molar-refractivity contribution is 0.0951. The van der Waals surface area contributed by atoms with Crippen molar-refractivity contribution < 1.29 is 4.79 Å². The lowest BCUT2D eigenvalue weighted by atomic mass is 9.92. The minimum atomic E-state index is -0.479. The zero-order valence-electron chi connectivity index (χ0n) is 13.6. The Morgan fingerprint density at radius 1 is 1.13 bits per heavy atom. The molecule has 1 heterocycles. The molecular weight excluding hydrogens is 308 g/mol. The van der Waals surface area contributed by atoms with Gasteiger partial charge in [-0.05, 0) is 55.7 Å². The molecule has 0 spiro atoms. The molecule has 0 aromatic heterocycles. The third kappa shape index (κ3) is 2.93.